The quantitative estimate of drug-likeness (QED) is 0.384. The summed E-state index contributed by atoms with van der Waals surface area (Å²) in [6.45, 7) is 2.42. The van der Waals surface area contributed by atoms with Crippen LogP contribution in [0.25, 0.3) is 0 Å². The molecule has 174 valence electrons. The van der Waals surface area contributed by atoms with Crippen LogP contribution in [-0.4, -0.2) is 64.0 Å². The molecule has 0 atom stereocenters. The van der Waals surface area contributed by atoms with Crippen LogP contribution in [0.2, 0.25) is 0 Å². The molecule has 9 nitrogen and oxygen atoms in total. The summed E-state index contributed by atoms with van der Waals surface area (Å²) in [4.78, 5) is 8.04. The second-order valence-corrected chi connectivity index (χ2v) is 9.33. The van der Waals surface area contributed by atoms with Crippen molar-refractivity contribution in [1.82, 2.24) is 9.29 Å². The van der Waals surface area contributed by atoms with Crippen molar-refractivity contribution in [2.45, 2.75) is 25.7 Å². The number of aliphatic imine (C=N–C) groups is 1. The van der Waals surface area contributed by atoms with Crippen LogP contribution in [0.3, 0.4) is 0 Å². The van der Waals surface area contributed by atoms with E-state index >= 15 is 0 Å². The van der Waals surface area contributed by atoms with Gasteiger partial charge in [-0.25, -0.2) is 4.98 Å². The molecule has 0 radical (unpaired) electrons. The molecule has 1 aromatic carbocycles. The van der Waals surface area contributed by atoms with Crippen LogP contribution in [0.15, 0.2) is 47.6 Å². The van der Waals surface area contributed by atoms with Crippen LogP contribution in [-0.2, 0) is 14.9 Å². The normalized spacial score (nSPS) is 16.1. The molecule has 1 saturated heterocycles. The maximum atomic E-state index is 12.8. The van der Waals surface area contributed by atoms with Crippen LogP contribution >= 0.6 is 0 Å². The van der Waals surface area contributed by atoms with Crippen molar-refractivity contribution in [3.8, 4) is 5.75 Å². The number of methoxy groups -OCH3 is 1. The number of rotatable bonds is 12. The van der Waals surface area contributed by atoms with Gasteiger partial charge in [0.1, 0.15) is 18.3 Å². The number of hydrogen-bond acceptors (Lipinski definition) is 7. The van der Waals surface area contributed by atoms with Crippen molar-refractivity contribution in [2.24, 2.45) is 4.99 Å². The summed E-state index contributed by atoms with van der Waals surface area (Å²) in [5.41, 5.74) is 7.25. The summed E-state index contributed by atoms with van der Waals surface area (Å²) in [6, 6.07) is 11.0. The minimum absolute atomic E-state index is 0.310. The van der Waals surface area contributed by atoms with Crippen LogP contribution in [0.1, 0.15) is 31.2 Å². The van der Waals surface area contributed by atoms with E-state index in [0.717, 1.165) is 37.0 Å². The number of nitrogens with zero attached hydrogens (tertiary/aromatic N) is 4. The Morgan fingerprint density at radius 2 is 1.91 bits per heavy atom. The SMILES string of the molecule is COCN=Cc1ccc(OCCCCCCN2CCN(c3ccnc(N)c3)S2(=O)=O)cc1. The number of nitrogen functional groups attached to an aromatic ring is 1. The molecule has 0 unspecified atom stereocenters. The zero-order valence-corrected chi connectivity index (χ0v) is 19.2. The molecule has 2 N–H and O–H groups in total. The second kappa shape index (κ2) is 11.8. The number of unbranched alkanes of at least 4 members (excludes halogenated alkanes) is 3. The summed E-state index contributed by atoms with van der Waals surface area (Å²) < 4.78 is 39.2. The number of anilines is 2. The zero-order valence-electron chi connectivity index (χ0n) is 18.4. The maximum Gasteiger partial charge on any atom is 0.304 e. The first-order chi connectivity index (χ1) is 15.5. The summed E-state index contributed by atoms with van der Waals surface area (Å²) >= 11 is 0. The Balaban J connectivity index is 1.32. The molecule has 1 aromatic heterocycles. The highest BCUT2D eigenvalue weighted by Crippen LogP contribution is 2.26. The first kappa shape index (κ1) is 24.0. The van der Waals surface area contributed by atoms with Crippen molar-refractivity contribution < 1.29 is 17.9 Å². The van der Waals surface area contributed by atoms with E-state index < -0.39 is 10.2 Å². The molecular weight excluding hydrogens is 430 g/mol. The largest absolute Gasteiger partial charge is 0.494 e. The zero-order chi connectivity index (χ0) is 22.8. The fourth-order valence-electron chi connectivity index (χ4n) is 3.45. The number of hydrogen-bond donors (Lipinski definition) is 1. The van der Waals surface area contributed by atoms with E-state index in [1.807, 2.05) is 24.3 Å². The van der Waals surface area contributed by atoms with Crippen LogP contribution in [0, 0.1) is 0 Å². The van der Waals surface area contributed by atoms with E-state index in [1.54, 1.807) is 25.5 Å². The van der Waals surface area contributed by atoms with Gasteiger partial charge in [0.05, 0.1) is 12.3 Å². The number of pyridine rings is 1. The smallest absolute Gasteiger partial charge is 0.304 e. The highest BCUT2D eigenvalue weighted by atomic mass is 32.2. The molecule has 3 rings (SSSR count). The Kier molecular flexibility index (Phi) is 8.83. The minimum atomic E-state index is -3.50. The molecule has 0 aliphatic carbocycles. The lowest BCUT2D eigenvalue weighted by Crippen LogP contribution is -2.33. The van der Waals surface area contributed by atoms with Crippen molar-refractivity contribution in [3.63, 3.8) is 0 Å². The average molecular weight is 462 g/mol. The van der Waals surface area contributed by atoms with Gasteiger partial charge in [-0.3, -0.25) is 9.30 Å². The first-order valence-corrected chi connectivity index (χ1v) is 12.1. The molecule has 32 heavy (non-hydrogen) atoms. The van der Waals surface area contributed by atoms with Gasteiger partial charge in [0.15, 0.2) is 0 Å². The molecule has 10 heteroatoms. The third kappa shape index (κ3) is 6.65. The van der Waals surface area contributed by atoms with Gasteiger partial charge < -0.3 is 15.2 Å². The van der Waals surface area contributed by atoms with Gasteiger partial charge >= 0.3 is 10.2 Å². The van der Waals surface area contributed by atoms with E-state index in [2.05, 4.69) is 9.98 Å². The van der Waals surface area contributed by atoms with Gasteiger partial charge in [0, 0.05) is 45.2 Å². The third-order valence-electron chi connectivity index (χ3n) is 5.10. The lowest BCUT2D eigenvalue weighted by atomic mass is 10.2. The van der Waals surface area contributed by atoms with Gasteiger partial charge in [-0.15, -0.1) is 0 Å². The Labute approximate surface area is 190 Å². The molecule has 2 aromatic rings. The van der Waals surface area contributed by atoms with Crippen LogP contribution in [0.5, 0.6) is 5.75 Å². The van der Waals surface area contributed by atoms with Gasteiger partial charge in [-0.05, 0) is 48.7 Å². The number of aromatic nitrogens is 1. The molecule has 1 fully saturated rings. The van der Waals surface area contributed by atoms with E-state index in [1.165, 1.54) is 14.8 Å². The molecule has 2 heterocycles. The second-order valence-electron chi connectivity index (χ2n) is 7.48. The van der Waals surface area contributed by atoms with Gasteiger partial charge in [0.25, 0.3) is 0 Å². The predicted octanol–water partition coefficient (Wildman–Crippen LogP) is 2.69. The highest BCUT2D eigenvalue weighted by molar-refractivity contribution is 7.90. The minimum Gasteiger partial charge on any atom is -0.494 e. The Bertz CT molecular complexity index is 982. The van der Waals surface area contributed by atoms with Crippen LogP contribution < -0.4 is 14.8 Å². The summed E-state index contributed by atoms with van der Waals surface area (Å²) in [7, 11) is -1.89. The van der Waals surface area contributed by atoms with Crippen LogP contribution in [0.4, 0.5) is 11.5 Å². The lowest BCUT2D eigenvalue weighted by molar-refractivity contribution is 0.209. The fraction of sp³-hybridized carbons (Fsp3) is 0.455. The van der Waals surface area contributed by atoms with Crippen molar-refractivity contribution in [3.05, 3.63) is 48.2 Å². The number of nitrogens with two attached hydrogens (primary N) is 1. The predicted molar refractivity (Wildman–Crippen MR) is 126 cm³/mol. The third-order valence-corrected chi connectivity index (χ3v) is 7.07. The van der Waals surface area contributed by atoms with Gasteiger partial charge in [-0.1, -0.05) is 12.8 Å². The summed E-state index contributed by atoms with van der Waals surface area (Å²) in [5, 5.41) is 0. The van der Waals surface area contributed by atoms with Crippen molar-refractivity contribution in [2.75, 3.05) is 50.1 Å². The van der Waals surface area contributed by atoms with E-state index in [4.69, 9.17) is 15.2 Å². The molecular formula is C22H31N5O4S. The lowest BCUT2D eigenvalue weighted by Gasteiger charge is -2.20. The highest BCUT2D eigenvalue weighted by Gasteiger charge is 2.36. The summed E-state index contributed by atoms with van der Waals surface area (Å²) in [6.07, 6.45) is 6.97. The topological polar surface area (TPSA) is 110 Å². The first-order valence-electron chi connectivity index (χ1n) is 10.7. The molecule has 0 amide bonds. The Morgan fingerprint density at radius 1 is 1.12 bits per heavy atom. The van der Waals surface area contributed by atoms with E-state index in [-0.39, 0.29) is 0 Å². The Hall–Kier alpha value is -2.69. The van der Waals surface area contributed by atoms with Crippen molar-refractivity contribution in [1.29, 1.82) is 0 Å². The van der Waals surface area contributed by atoms with Crippen molar-refractivity contribution >= 4 is 27.9 Å². The van der Waals surface area contributed by atoms with E-state index in [9.17, 15) is 8.42 Å². The molecule has 0 saturated carbocycles. The number of benzene rings is 1. The van der Waals surface area contributed by atoms with Gasteiger partial charge in [-0.2, -0.15) is 12.7 Å². The molecule has 0 bridgehead atoms. The van der Waals surface area contributed by atoms with Gasteiger partial charge in [0.2, 0.25) is 0 Å². The summed E-state index contributed by atoms with van der Waals surface area (Å²) in [5.74, 6) is 1.14. The maximum absolute atomic E-state index is 12.8. The van der Waals surface area contributed by atoms with E-state index in [0.29, 0.717) is 44.5 Å². The standard InChI is InChI=1S/C22H31N5O4S/c1-30-18-24-17-19-6-8-21(9-7-19)31-15-5-3-2-4-12-26-13-14-27(32(26,28)29)20-10-11-25-22(23)16-20/h6-11,16-17H,2-5,12-15,18H2,1H3,(H2,23,25). The Morgan fingerprint density at radius 3 is 2.66 bits per heavy atom. The molecule has 0 spiro atoms. The molecule has 1 aliphatic heterocycles. The molecule has 1 aliphatic rings. The number of ether oxygens (including phenoxy) is 2. The average Bonchev–Trinajstić information content (AvgIpc) is 3.08. The fourth-order valence-corrected chi connectivity index (χ4v) is 5.10. The monoisotopic (exact) mass is 461 g/mol.